The van der Waals surface area contributed by atoms with Crippen molar-refractivity contribution in [3.63, 3.8) is 0 Å². The van der Waals surface area contributed by atoms with Crippen LogP contribution in [0, 0.1) is 22.9 Å². The molecule has 6 heteroatoms. The quantitative estimate of drug-likeness (QED) is 0.625. The number of nitrogens with zero attached hydrogens (tertiary/aromatic N) is 1. The van der Waals surface area contributed by atoms with Crippen LogP contribution in [0.2, 0.25) is 5.02 Å². The van der Waals surface area contributed by atoms with Gasteiger partial charge in [-0.3, -0.25) is 10.1 Å². The molecule has 2 aromatic carbocycles. The lowest BCUT2D eigenvalue weighted by Crippen LogP contribution is -2.00. The minimum Gasteiger partial charge on any atom is -0.482 e. The van der Waals surface area contributed by atoms with E-state index in [1.54, 1.807) is 12.1 Å². The Labute approximate surface area is 119 Å². The van der Waals surface area contributed by atoms with E-state index in [4.69, 9.17) is 16.3 Å². The van der Waals surface area contributed by atoms with E-state index < -0.39 is 10.7 Å². The number of rotatable bonds is 4. The monoisotopic (exact) mass is 295 g/mol. The lowest BCUT2D eigenvalue weighted by molar-refractivity contribution is -0.386. The van der Waals surface area contributed by atoms with Crippen LogP contribution in [0.4, 0.5) is 10.1 Å². The van der Waals surface area contributed by atoms with Crippen LogP contribution in [0.3, 0.4) is 0 Å². The Morgan fingerprint density at radius 1 is 1.30 bits per heavy atom. The van der Waals surface area contributed by atoms with Gasteiger partial charge in [0.25, 0.3) is 0 Å². The smallest absolute Gasteiger partial charge is 0.310 e. The first-order chi connectivity index (χ1) is 9.47. The van der Waals surface area contributed by atoms with Gasteiger partial charge in [-0.15, -0.1) is 0 Å². The number of nitro groups is 1. The SMILES string of the molecule is Cc1ccc([N+](=O)[O-])c(OCc2ccc(F)cc2Cl)c1. The van der Waals surface area contributed by atoms with Crippen molar-refractivity contribution in [2.45, 2.75) is 13.5 Å². The zero-order valence-corrected chi connectivity index (χ0v) is 11.4. The highest BCUT2D eigenvalue weighted by Gasteiger charge is 2.15. The normalized spacial score (nSPS) is 10.3. The van der Waals surface area contributed by atoms with Gasteiger partial charge in [0.15, 0.2) is 5.75 Å². The lowest BCUT2D eigenvalue weighted by Gasteiger charge is -2.09. The Kier molecular flexibility index (Phi) is 4.20. The van der Waals surface area contributed by atoms with Gasteiger partial charge < -0.3 is 4.74 Å². The zero-order valence-electron chi connectivity index (χ0n) is 10.6. The summed E-state index contributed by atoms with van der Waals surface area (Å²) in [7, 11) is 0. The second-order valence-electron chi connectivity index (χ2n) is 4.25. The number of benzene rings is 2. The topological polar surface area (TPSA) is 52.4 Å². The maximum absolute atomic E-state index is 12.9. The number of ether oxygens (including phenoxy) is 1. The van der Waals surface area contributed by atoms with Crippen molar-refractivity contribution < 1.29 is 14.1 Å². The molecule has 0 aliphatic heterocycles. The van der Waals surface area contributed by atoms with Crippen LogP contribution in [-0.4, -0.2) is 4.92 Å². The molecule has 104 valence electrons. The number of aryl methyl sites for hydroxylation is 1. The molecular weight excluding hydrogens is 285 g/mol. The Morgan fingerprint density at radius 2 is 2.05 bits per heavy atom. The van der Waals surface area contributed by atoms with Crippen molar-refractivity contribution in [3.8, 4) is 5.75 Å². The van der Waals surface area contributed by atoms with Crippen LogP contribution in [-0.2, 0) is 6.61 Å². The summed E-state index contributed by atoms with van der Waals surface area (Å²) in [5.41, 5.74) is 1.29. The Morgan fingerprint density at radius 3 is 2.70 bits per heavy atom. The number of halogens is 2. The second-order valence-corrected chi connectivity index (χ2v) is 4.66. The second kappa shape index (κ2) is 5.88. The predicted octanol–water partition coefficient (Wildman–Crippen LogP) is 4.27. The molecule has 20 heavy (non-hydrogen) atoms. The molecule has 2 rings (SSSR count). The molecule has 0 aliphatic rings. The molecule has 0 bridgehead atoms. The van der Waals surface area contributed by atoms with Crippen molar-refractivity contribution in [2.24, 2.45) is 0 Å². The molecule has 0 saturated carbocycles. The Balaban J connectivity index is 2.22. The van der Waals surface area contributed by atoms with Gasteiger partial charge in [-0.25, -0.2) is 4.39 Å². The fraction of sp³-hybridized carbons (Fsp3) is 0.143. The summed E-state index contributed by atoms with van der Waals surface area (Å²) >= 11 is 5.88. The first kappa shape index (κ1) is 14.3. The maximum atomic E-state index is 12.9. The molecule has 0 unspecified atom stereocenters. The Bertz CT molecular complexity index is 661. The van der Waals surface area contributed by atoms with Crippen molar-refractivity contribution >= 4 is 17.3 Å². The molecule has 0 radical (unpaired) electrons. The molecule has 0 fully saturated rings. The van der Waals surface area contributed by atoms with Gasteiger partial charge in [0.2, 0.25) is 0 Å². The zero-order chi connectivity index (χ0) is 14.7. The van der Waals surface area contributed by atoms with Crippen LogP contribution in [0.5, 0.6) is 5.75 Å². The minimum absolute atomic E-state index is 0.0312. The fourth-order valence-electron chi connectivity index (χ4n) is 1.68. The molecule has 0 aliphatic carbocycles. The molecule has 0 spiro atoms. The number of hydrogen-bond acceptors (Lipinski definition) is 3. The Hall–Kier alpha value is -2.14. The van der Waals surface area contributed by atoms with Crippen LogP contribution in [0.1, 0.15) is 11.1 Å². The summed E-state index contributed by atoms with van der Waals surface area (Å²) in [4.78, 5) is 10.4. The summed E-state index contributed by atoms with van der Waals surface area (Å²) in [5.74, 6) is -0.282. The summed E-state index contributed by atoms with van der Waals surface area (Å²) in [5, 5.41) is 11.1. The molecule has 0 atom stereocenters. The maximum Gasteiger partial charge on any atom is 0.310 e. The lowest BCUT2D eigenvalue weighted by atomic mass is 10.2. The van der Waals surface area contributed by atoms with Gasteiger partial charge in [0.1, 0.15) is 12.4 Å². The van der Waals surface area contributed by atoms with Gasteiger partial charge in [-0.1, -0.05) is 23.7 Å². The molecule has 0 aromatic heterocycles. The predicted molar refractivity (Wildman–Crippen MR) is 73.6 cm³/mol. The van der Waals surface area contributed by atoms with Crippen molar-refractivity contribution in [1.82, 2.24) is 0 Å². The van der Waals surface area contributed by atoms with E-state index in [-0.39, 0.29) is 23.1 Å². The molecular formula is C14H11ClFNO3. The van der Waals surface area contributed by atoms with E-state index in [2.05, 4.69) is 0 Å². The fourth-order valence-corrected chi connectivity index (χ4v) is 1.90. The first-order valence-electron chi connectivity index (χ1n) is 5.79. The average Bonchev–Trinajstić information content (AvgIpc) is 2.37. The third kappa shape index (κ3) is 3.24. The van der Waals surface area contributed by atoms with E-state index in [9.17, 15) is 14.5 Å². The van der Waals surface area contributed by atoms with Crippen molar-refractivity contribution in [2.75, 3.05) is 0 Å². The highest BCUT2D eigenvalue weighted by atomic mass is 35.5. The van der Waals surface area contributed by atoms with E-state index in [1.807, 2.05) is 6.92 Å². The molecule has 4 nitrogen and oxygen atoms in total. The number of nitro benzene ring substituents is 1. The van der Waals surface area contributed by atoms with Crippen LogP contribution in [0.15, 0.2) is 36.4 Å². The third-order valence-electron chi connectivity index (χ3n) is 2.71. The molecule has 0 heterocycles. The minimum atomic E-state index is -0.513. The third-order valence-corrected chi connectivity index (χ3v) is 3.06. The van der Waals surface area contributed by atoms with Crippen molar-refractivity contribution in [3.05, 3.63) is 68.5 Å². The van der Waals surface area contributed by atoms with Gasteiger partial charge in [0.05, 0.1) is 9.95 Å². The highest BCUT2D eigenvalue weighted by molar-refractivity contribution is 6.31. The summed E-state index contributed by atoms with van der Waals surface area (Å²) in [6.07, 6.45) is 0. The number of hydrogen-bond donors (Lipinski definition) is 0. The summed E-state index contributed by atoms with van der Waals surface area (Å²) in [6.45, 7) is 1.84. The van der Waals surface area contributed by atoms with Crippen molar-refractivity contribution in [1.29, 1.82) is 0 Å². The van der Waals surface area contributed by atoms with E-state index in [1.165, 1.54) is 24.3 Å². The molecule has 0 N–H and O–H groups in total. The van der Waals surface area contributed by atoms with E-state index in [0.29, 0.717) is 5.56 Å². The van der Waals surface area contributed by atoms with Gasteiger partial charge >= 0.3 is 5.69 Å². The molecule has 0 amide bonds. The van der Waals surface area contributed by atoms with Gasteiger partial charge in [-0.05, 0) is 30.7 Å². The molecule has 2 aromatic rings. The van der Waals surface area contributed by atoms with Crippen LogP contribution >= 0.6 is 11.6 Å². The summed E-state index contributed by atoms with van der Waals surface area (Å²) in [6, 6.07) is 8.52. The van der Waals surface area contributed by atoms with Crippen LogP contribution in [0.25, 0.3) is 0 Å². The molecule has 0 saturated heterocycles. The first-order valence-corrected chi connectivity index (χ1v) is 6.17. The summed E-state index contributed by atoms with van der Waals surface area (Å²) < 4.78 is 18.4. The van der Waals surface area contributed by atoms with Gasteiger partial charge in [-0.2, -0.15) is 0 Å². The van der Waals surface area contributed by atoms with E-state index in [0.717, 1.165) is 5.56 Å². The standard InChI is InChI=1S/C14H11ClFNO3/c1-9-2-5-13(17(18)19)14(6-9)20-8-10-3-4-11(16)7-12(10)15/h2-7H,8H2,1H3. The largest absolute Gasteiger partial charge is 0.482 e. The van der Waals surface area contributed by atoms with Gasteiger partial charge in [0, 0.05) is 11.6 Å². The highest BCUT2D eigenvalue weighted by Crippen LogP contribution is 2.29. The van der Waals surface area contributed by atoms with E-state index >= 15 is 0 Å². The average molecular weight is 296 g/mol. The van der Waals surface area contributed by atoms with Crippen LogP contribution < -0.4 is 4.74 Å².